The normalized spacial score (nSPS) is 22.9. The molecule has 0 amide bonds. The van der Waals surface area contributed by atoms with Crippen LogP contribution in [0.5, 0.6) is 0 Å². The number of hydrogen-bond donors (Lipinski definition) is 0. The molecule has 1 heterocycles. The van der Waals surface area contributed by atoms with Crippen LogP contribution in [0.15, 0.2) is 24.3 Å². The summed E-state index contributed by atoms with van der Waals surface area (Å²) in [5.41, 5.74) is 2.10. The van der Waals surface area contributed by atoms with Crippen molar-refractivity contribution >= 4 is 0 Å². The smallest absolute Gasteiger partial charge is 0.163 e. The molecule has 2 rings (SSSR count). The topological polar surface area (TPSA) is 42.2 Å². The van der Waals surface area contributed by atoms with Crippen LogP contribution in [-0.4, -0.2) is 12.4 Å². The molecule has 3 heteroatoms. The molecule has 84 valence electrons. The lowest BCUT2D eigenvalue weighted by molar-refractivity contribution is -0.139. The summed E-state index contributed by atoms with van der Waals surface area (Å²) in [6, 6.07) is 10.1. The maximum atomic E-state index is 8.65. The first-order valence-electron chi connectivity index (χ1n) is 5.38. The second-order valence-electron chi connectivity index (χ2n) is 4.40. The van der Waals surface area contributed by atoms with E-state index in [1.165, 1.54) is 0 Å². The Morgan fingerprint density at radius 2 is 2.31 bits per heavy atom. The predicted molar refractivity (Wildman–Crippen MR) is 59.6 cm³/mol. The molecule has 1 saturated heterocycles. The maximum absolute atomic E-state index is 8.65. The number of nitriles is 1. The van der Waals surface area contributed by atoms with E-state index < -0.39 is 5.79 Å². The van der Waals surface area contributed by atoms with Crippen LogP contribution in [0, 0.1) is 11.3 Å². The molecule has 0 saturated carbocycles. The van der Waals surface area contributed by atoms with Crippen molar-refractivity contribution in [1.82, 2.24) is 0 Å². The molecule has 0 bridgehead atoms. The summed E-state index contributed by atoms with van der Waals surface area (Å²) in [5, 5.41) is 8.65. The van der Waals surface area contributed by atoms with Gasteiger partial charge in [-0.15, -0.1) is 0 Å². The van der Waals surface area contributed by atoms with Crippen LogP contribution in [-0.2, 0) is 15.9 Å². The van der Waals surface area contributed by atoms with Crippen LogP contribution < -0.4 is 0 Å². The lowest BCUT2D eigenvalue weighted by Gasteiger charge is -2.17. The van der Waals surface area contributed by atoms with Gasteiger partial charge in [-0.05, 0) is 25.0 Å². The molecule has 3 nitrogen and oxygen atoms in total. The van der Waals surface area contributed by atoms with Crippen LogP contribution in [0.1, 0.15) is 31.1 Å². The predicted octanol–water partition coefficient (Wildman–Crippen LogP) is 2.58. The molecule has 1 aliphatic rings. The van der Waals surface area contributed by atoms with Gasteiger partial charge in [0.1, 0.15) is 6.10 Å². The monoisotopic (exact) mass is 217 g/mol. The molecule has 16 heavy (non-hydrogen) atoms. The van der Waals surface area contributed by atoms with E-state index in [1.54, 1.807) is 0 Å². The Hall–Kier alpha value is -1.37. The fourth-order valence-corrected chi connectivity index (χ4v) is 1.85. The molecule has 0 aliphatic carbocycles. The molecular formula is C13H15NO2. The molecular weight excluding hydrogens is 202 g/mol. The molecule has 1 aromatic carbocycles. The Morgan fingerprint density at radius 1 is 1.50 bits per heavy atom. The van der Waals surface area contributed by atoms with Crippen LogP contribution in [0.25, 0.3) is 0 Å². The average Bonchev–Trinajstić information content (AvgIpc) is 2.60. The zero-order chi connectivity index (χ0) is 11.6. The van der Waals surface area contributed by atoms with E-state index >= 15 is 0 Å². The summed E-state index contributed by atoms with van der Waals surface area (Å²) < 4.78 is 11.3. The van der Waals surface area contributed by atoms with Crippen molar-refractivity contribution < 1.29 is 9.47 Å². The second kappa shape index (κ2) is 4.25. The van der Waals surface area contributed by atoms with E-state index in [0.29, 0.717) is 13.0 Å². The Morgan fingerprint density at radius 3 is 2.94 bits per heavy atom. The molecule has 0 aromatic heterocycles. The summed E-state index contributed by atoms with van der Waals surface area (Å²) >= 11 is 0. The van der Waals surface area contributed by atoms with Gasteiger partial charge in [-0.2, -0.15) is 5.26 Å². The largest absolute Gasteiger partial charge is 0.347 e. The second-order valence-corrected chi connectivity index (χ2v) is 4.40. The van der Waals surface area contributed by atoms with Gasteiger partial charge in [0.25, 0.3) is 0 Å². The minimum absolute atomic E-state index is 0.0198. The van der Waals surface area contributed by atoms with E-state index in [2.05, 4.69) is 6.07 Å². The number of nitrogens with zero attached hydrogens (tertiary/aromatic N) is 1. The van der Waals surface area contributed by atoms with Crippen molar-refractivity contribution in [2.75, 3.05) is 6.61 Å². The zero-order valence-electron chi connectivity index (χ0n) is 9.56. The first kappa shape index (κ1) is 11.1. The van der Waals surface area contributed by atoms with Gasteiger partial charge in [0.05, 0.1) is 19.1 Å². The highest BCUT2D eigenvalue weighted by molar-refractivity contribution is 5.27. The van der Waals surface area contributed by atoms with E-state index in [-0.39, 0.29) is 6.10 Å². The molecule has 1 aliphatic heterocycles. The lowest BCUT2D eigenvalue weighted by atomic mass is 10.1. The van der Waals surface area contributed by atoms with Crippen molar-refractivity contribution in [2.45, 2.75) is 32.2 Å². The van der Waals surface area contributed by atoms with Gasteiger partial charge in [0.2, 0.25) is 0 Å². The summed E-state index contributed by atoms with van der Waals surface area (Å²) in [7, 11) is 0. The van der Waals surface area contributed by atoms with Gasteiger partial charge in [-0.25, -0.2) is 0 Å². The Bertz CT molecular complexity index is 420. The van der Waals surface area contributed by atoms with Crippen LogP contribution in [0.4, 0.5) is 0 Å². The summed E-state index contributed by atoms with van der Waals surface area (Å²) in [6.07, 6.45) is 0.416. The Labute approximate surface area is 95.6 Å². The number of hydrogen-bond acceptors (Lipinski definition) is 3. The van der Waals surface area contributed by atoms with Crippen LogP contribution >= 0.6 is 0 Å². The summed E-state index contributed by atoms with van der Waals surface area (Å²) in [5.74, 6) is -0.504. The molecule has 1 fully saturated rings. The number of benzene rings is 1. The van der Waals surface area contributed by atoms with Crippen molar-refractivity contribution in [3.8, 4) is 6.07 Å². The molecule has 1 atom stereocenters. The average molecular weight is 217 g/mol. The van der Waals surface area contributed by atoms with Gasteiger partial charge in [-0.3, -0.25) is 0 Å². The highest BCUT2D eigenvalue weighted by atomic mass is 16.7. The third-order valence-electron chi connectivity index (χ3n) is 2.61. The molecule has 1 unspecified atom stereocenters. The Balaban J connectivity index is 2.16. The molecule has 1 aromatic rings. The van der Waals surface area contributed by atoms with Gasteiger partial charge < -0.3 is 9.47 Å². The molecule has 0 radical (unpaired) electrons. The van der Waals surface area contributed by atoms with Gasteiger partial charge in [0, 0.05) is 0 Å². The van der Waals surface area contributed by atoms with Crippen molar-refractivity contribution in [3.63, 3.8) is 0 Å². The first-order chi connectivity index (χ1) is 7.61. The zero-order valence-corrected chi connectivity index (χ0v) is 9.56. The molecule has 0 spiro atoms. The van der Waals surface area contributed by atoms with Crippen molar-refractivity contribution in [1.29, 1.82) is 5.26 Å². The summed E-state index contributed by atoms with van der Waals surface area (Å²) in [4.78, 5) is 0. The standard InChI is InChI=1S/C13H15NO2/c1-13(2)15-9-12(16-13)11-5-3-4-10(8-11)6-7-14/h3-5,8,12H,6,9H2,1-2H3. The van der Waals surface area contributed by atoms with E-state index in [4.69, 9.17) is 14.7 Å². The van der Waals surface area contributed by atoms with Crippen LogP contribution in [0.2, 0.25) is 0 Å². The molecule has 0 N–H and O–H groups in total. The summed E-state index contributed by atoms with van der Waals surface area (Å²) in [6.45, 7) is 4.39. The number of rotatable bonds is 2. The quantitative estimate of drug-likeness (QED) is 0.764. The van der Waals surface area contributed by atoms with Crippen molar-refractivity contribution in [2.24, 2.45) is 0 Å². The van der Waals surface area contributed by atoms with Gasteiger partial charge in [-0.1, -0.05) is 24.3 Å². The third-order valence-corrected chi connectivity index (χ3v) is 2.61. The minimum Gasteiger partial charge on any atom is -0.347 e. The first-order valence-corrected chi connectivity index (χ1v) is 5.38. The lowest BCUT2D eigenvalue weighted by Crippen LogP contribution is -2.19. The highest BCUT2D eigenvalue weighted by Gasteiger charge is 2.33. The fraction of sp³-hybridized carbons (Fsp3) is 0.462. The van der Waals surface area contributed by atoms with E-state index in [0.717, 1.165) is 11.1 Å². The highest BCUT2D eigenvalue weighted by Crippen LogP contribution is 2.32. The maximum Gasteiger partial charge on any atom is 0.163 e. The third kappa shape index (κ3) is 2.41. The van der Waals surface area contributed by atoms with Crippen LogP contribution in [0.3, 0.4) is 0 Å². The van der Waals surface area contributed by atoms with Crippen molar-refractivity contribution in [3.05, 3.63) is 35.4 Å². The number of ether oxygens (including phenoxy) is 2. The van der Waals surface area contributed by atoms with Gasteiger partial charge in [0.15, 0.2) is 5.79 Å². The SMILES string of the molecule is CC1(C)OCC(c2cccc(CC#N)c2)O1. The minimum atomic E-state index is -0.504. The fourth-order valence-electron chi connectivity index (χ4n) is 1.85. The van der Waals surface area contributed by atoms with E-state index in [1.807, 2.05) is 38.1 Å². The van der Waals surface area contributed by atoms with Gasteiger partial charge >= 0.3 is 0 Å². The van der Waals surface area contributed by atoms with E-state index in [9.17, 15) is 0 Å². The Kier molecular flexibility index (Phi) is 2.95.